The van der Waals surface area contributed by atoms with Gasteiger partial charge in [-0.25, -0.2) is 0 Å². The molecule has 0 heterocycles. The Labute approximate surface area is 133 Å². The maximum absolute atomic E-state index is 3.81. The number of rotatable bonds is 6. The van der Waals surface area contributed by atoms with Crippen molar-refractivity contribution in [2.75, 3.05) is 26.7 Å². The number of hydrogen-bond acceptors (Lipinski definition) is 2. The van der Waals surface area contributed by atoms with Crippen LogP contribution in [-0.4, -0.2) is 37.1 Å². The van der Waals surface area contributed by atoms with Gasteiger partial charge in [0.15, 0.2) is 0 Å². The molecule has 0 spiro atoms. The molecular formula is C19H38N2. The summed E-state index contributed by atoms with van der Waals surface area (Å²) in [5.41, 5.74) is 0.751. The van der Waals surface area contributed by atoms with E-state index in [1.807, 2.05) is 0 Å². The van der Waals surface area contributed by atoms with Crippen LogP contribution in [0.5, 0.6) is 0 Å². The molecular weight excluding hydrogens is 256 g/mol. The first-order chi connectivity index (χ1) is 9.78. The molecule has 0 aromatic rings. The van der Waals surface area contributed by atoms with Gasteiger partial charge >= 0.3 is 0 Å². The molecule has 0 amide bonds. The average Bonchev–Trinajstić information content (AvgIpc) is 2.34. The largest absolute Gasteiger partial charge is 0.311 e. The van der Waals surface area contributed by atoms with E-state index in [-0.39, 0.29) is 5.54 Å². The average molecular weight is 295 g/mol. The third-order valence-corrected chi connectivity index (χ3v) is 5.73. The van der Waals surface area contributed by atoms with Crippen molar-refractivity contribution in [1.29, 1.82) is 0 Å². The molecule has 2 nitrogen and oxygen atoms in total. The highest BCUT2D eigenvalue weighted by Gasteiger charge is 2.36. The lowest BCUT2D eigenvalue weighted by molar-refractivity contribution is 0.0766. The molecule has 0 atom stereocenters. The SMILES string of the molecule is CC1CCC(CNC(C)(C)C)(CN(C)CC2CCC2)CC1. The van der Waals surface area contributed by atoms with Crippen LogP contribution in [0.15, 0.2) is 0 Å². The molecule has 0 radical (unpaired) electrons. The summed E-state index contributed by atoms with van der Waals surface area (Å²) in [6, 6.07) is 0. The normalized spacial score (nSPS) is 31.4. The second-order valence-electron chi connectivity index (χ2n) is 9.28. The van der Waals surface area contributed by atoms with Crippen LogP contribution in [0.2, 0.25) is 0 Å². The molecule has 2 rings (SSSR count). The fraction of sp³-hybridized carbons (Fsp3) is 1.00. The third-order valence-electron chi connectivity index (χ3n) is 5.73. The molecule has 0 aliphatic heterocycles. The second kappa shape index (κ2) is 7.00. The zero-order chi connectivity index (χ0) is 15.5. The Morgan fingerprint density at radius 3 is 2.19 bits per heavy atom. The van der Waals surface area contributed by atoms with Crippen molar-refractivity contribution in [3.8, 4) is 0 Å². The highest BCUT2D eigenvalue weighted by atomic mass is 15.1. The van der Waals surface area contributed by atoms with Gasteiger partial charge in [-0.15, -0.1) is 0 Å². The molecule has 1 N–H and O–H groups in total. The minimum atomic E-state index is 0.239. The quantitative estimate of drug-likeness (QED) is 0.785. The summed E-state index contributed by atoms with van der Waals surface area (Å²) in [4.78, 5) is 2.64. The van der Waals surface area contributed by atoms with Gasteiger partial charge in [-0.2, -0.15) is 0 Å². The molecule has 0 saturated heterocycles. The Bertz CT molecular complexity index is 306. The lowest BCUT2D eigenvalue weighted by Gasteiger charge is -2.44. The molecule has 2 aliphatic rings. The zero-order valence-electron chi connectivity index (χ0n) is 15.2. The van der Waals surface area contributed by atoms with Gasteiger partial charge in [0.05, 0.1) is 0 Å². The predicted molar refractivity (Wildman–Crippen MR) is 92.7 cm³/mol. The van der Waals surface area contributed by atoms with Gasteiger partial charge in [-0.1, -0.05) is 26.2 Å². The van der Waals surface area contributed by atoms with E-state index in [4.69, 9.17) is 0 Å². The Morgan fingerprint density at radius 2 is 1.71 bits per heavy atom. The molecule has 2 aliphatic carbocycles. The number of hydrogen-bond donors (Lipinski definition) is 1. The van der Waals surface area contributed by atoms with Gasteiger partial charge < -0.3 is 10.2 Å². The van der Waals surface area contributed by atoms with E-state index in [2.05, 4.69) is 45.0 Å². The van der Waals surface area contributed by atoms with Crippen LogP contribution in [-0.2, 0) is 0 Å². The summed E-state index contributed by atoms with van der Waals surface area (Å²) in [6.07, 6.45) is 10.1. The Morgan fingerprint density at radius 1 is 1.10 bits per heavy atom. The Balaban J connectivity index is 1.90. The maximum atomic E-state index is 3.81. The Hall–Kier alpha value is -0.0800. The van der Waals surface area contributed by atoms with Crippen molar-refractivity contribution >= 4 is 0 Å². The molecule has 0 unspecified atom stereocenters. The van der Waals surface area contributed by atoms with Gasteiger partial charge in [0, 0.05) is 25.2 Å². The highest BCUT2D eigenvalue weighted by molar-refractivity contribution is 4.91. The standard InChI is InChI=1S/C19H38N2/c1-16-9-11-19(12-10-16,14-20-18(2,3)4)15-21(5)13-17-7-6-8-17/h16-17,20H,6-15H2,1-5H3. The first-order valence-electron chi connectivity index (χ1n) is 9.22. The summed E-state index contributed by atoms with van der Waals surface area (Å²) in [5, 5.41) is 3.81. The summed E-state index contributed by atoms with van der Waals surface area (Å²) in [7, 11) is 2.36. The topological polar surface area (TPSA) is 15.3 Å². The first kappa shape index (κ1) is 17.3. The van der Waals surface area contributed by atoms with Crippen molar-refractivity contribution in [3.63, 3.8) is 0 Å². The second-order valence-corrected chi connectivity index (χ2v) is 9.28. The molecule has 0 aromatic carbocycles. The molecule has 2 fully saturated rings. The summed E-state index contributed by atoms with van der Waals surface area (Å²) >= 11 is 0. The molecule has 0 aromatic heterocycles. The zero-order valence-corrected chi connectivity index (χ0v) is 15.2. The predicted octanol–water partition coefficient (Wildman–Crippen LogP) is 4.30. The van der Waals surface area contributed by atoms with Gasteiger partial charge in [0.1, 0.15) is 0 Å². The van der Waals surface area contributed by atoms with Crippen LogP contribution in [0.1, 0.15) is 72.6 Å². The fourth-order valence-corrected chi connectivity index (χ4v) is 3.97. The molecule has 0 bridgehead atoms. The monoisotopic (exact) mass is 294 g/mol. The lowest BCUT2D eigenvalue weighted by atomic mass is 9.70. The van der Waals surface area contributed by atoms with Crippen LogP contribution >= 0.6 is 0 Å². The van der Waals surface area contributed by atoms with Crippen LogP contribution in [0, 0.1) is 17.3 Å². The van der Waals surface area contributed by atoms with E-state index < -0.39 is 0 Å². The molecule has 124 valence electrons. The van der Waals surface area contributed by atoms with Gasteiger partial charge in [0.2, 0.25) is 0 Å². The lowest BCUT2D eigenvalue weighted by Crippen LogP contribution is -2.50. The highest BCUT2D eigenvalue weighted by Crippen LogP contribution is 2.40. The molecule has 21 heavy (non-hydrogen) atoms. The minimum Gasteiger partial charge on any atom is -0.311 e. The smallest absolute Gasteiger partial charge is 0.00967 e. The van der Waals surface area contributed by atoms with Crippen molar-refractivity contribution in [1.82, 2.24) is 10.2 Å². The van der Waals surface area contributed by atoms with E-state index in [0.29, 0.717) is 5.41 Å². The van der Waals surface area contributed by atoms with Crippen molar-refractivity contribution in [2.45, 2.75) is 78.2 Å². The number of nitrogens with zero attached hydrogens (tertiary/aromatic N) is 1. The summed E-state index contributed by atoms with van der Waals surface area (Å²) < 4.78 is 0. The van der Waals surface area contributed by atoms with Crippen LogP contribution in [0.25, 0.3) is 0 Å². The fourth-order valence-electron chi connectivity index (χ4n) is 3.97. The van der Waals surface area contributed by atoms with Crippen LogP contribution in [0.4, 0.5) is 0 Å². The van der Waals surface area contributed by atoms with E-state index in [9.17, 15) is 0 Å². The number of nitrogens with one attached hydrogen (secondary N) is 1. The molecule has 2 saturated carbocycles. The van der Waals surface area contributed by atoms with E-state index in [1.54, 1.807) is 0 Å². The van der Waals surface area contributed by atoms with Gasteiger partial charge in [0.25, 0.3) is 0 Å². The van der Waals surface area contributed by atoms with Crippen LogP contribution in [0.3, 0.4) is 0 Å². The minimum absolute atomic E-state index is 0.239. The van der Waals surface area contributed by atoms with Gasteiger partial charge in [-0.3, -0.25) is 0 Å². The van der Waals surface area contributed by atoms with E-state index >= 15 is 0 Å². The third kappa shape index (κ3) is 5.56. The van der Waals surface area contributed by atoms with Crippen LogP contribution < -0.4 is 5.32 Å². The van der Waals surface area contributed by atoms with Crippen molar-refractivity contribution in [2.24, 2.45) is 17.3 Å². The van der Waals surface area contributed by atoms with Crippen molar-refractivity contribution < 1.29 is 0 Å². The van der Waals surface area contributed by atoms with Crippen molar-refractivity contribution in [3.05, 3.63) is 0 Å². The van der Waals surface area contributed by atoms with E-state index in [0.717, 1.165) is 11.8 Å². The first-order valence-corrected chi connectivity index (χ1v) is 9.22. The summed E-state index contributed by atoms with van der Waals surface area (Å²) in [6.45, 7) is 13.1. The van der Waals surface area contributed by atoms with Gasteiger partial charge in [-0.05, 0) is 70.8 Å². The molecule has 2 heteroatoms. The van der Waals surface area contributed by atoms with E-state index in [1.165, 1.54) is 64.6 Å². The maximum Gasteiger partial charge on any atom is 0.00967 e. The Kier molecular flexibility index (Phi) is 5.76. The summed E-state index contributed by atoms with van der Waals surface area (Å²) in [5.74, 6) is 1.93.